The number of sulfone groups is 1. The maximum Gasteiger partial charge on any atom is 0.206 e. The molecule has 0 aliphatic rings. The highest BCUT2D eigenvalue weighted by molar-refractivity contribution is 7.91. The van der Waals surface area contributed by atoms with Crippen molar-refractivity contribution in [3.05, 3.63) is 59.1 Å². The van der Waals surface area contributed by atoms with Crippen molar-refractivity contribution in [3.8, 4) is 0 Å². The highest BCUT2D eigenvalue weighted by Crippen LogP contribution is 2.23. The summed E-state index contributed by atoms with van der Waals surface area (Å²) in [4.78, 5) is 0.428. The zero-order valence-electron chi connectivity index (χ0n) is 9.51. The lowest BCUT2D eigenvalue weighted by Crippen LogP contribution is -2.03. The van der Waals surface area contributed by atoms with Crippen molar-refractivity contribution >= 4 is 21.4 Å². The Balaban J connectivity index is 2.47. The van der Waals surface area contributed by atoms with Gasteiger partial charge in [0.25, 0.3) is 0 Å². The summed E-state index contributed by atoms with van der Waals surface area (Å²) in [6, 6.07) is 12.7. The van der Waals surface area contributed by atoms with Gasteiger partial charge in [-0.1, -0.05) is 29.8 Å². The smallest absolute Gasteiger partial charge is 0.206 e. The van der Waals surface area contributed by atoms with Crippen LogP contribution in [0.1, 0.15) is 5.56 Å². The van der Waals surface area contributed by atoms with Gasteiger partial charge in [0.05, 0.1) is 9.79 Å². The van der Waals surface area contributed by atoms with Crippen molar-refractivity contribution in [2.75, 3.05) is 0 Å². The molecule has 0 atom stereocenters. The third kappa shape index (κ3) is 2.56. The lowest BCUT2D eigenvalue weighted by atomic mass is 10.2. The van der Waals surface area contributed by atoms with Crippen LogP contribution in [-0.4, -0.2) is 8.42 Å². The molecule has 2 rings (SSSR count). The lowest BCUT2D eigenvalue weighted by Gasteiger charge is -2.05. The maximum atomic E-state index is 12.3. The molecule has 0 heterocycles. The second kappa shape index (κ2) is 5.10. The summed E-state index contributed by atoms with van der Waals surface area (Å²) in [7, 11) is -3.51. The van der Waals surface area contributed by atoms with Crippen molar-refractivity contribution < 1.29 is 8.42 Å². The van der Waals surface area contributed by atoms with Crippen LogP contribution in [0.3, 0.4) is 0 Å². The molecule has 94 valence electrons. The lowest BCUT2D eigenvalue weighted by molar-refractivity contribution is 0.596. The second-order valence-corrected chi connectivity index (χ2v) is 6.20. The van der Waals surface area contributed by atoms with E-state index in [4.69, 9.17) is 17.3 Å². The molecule has 2 aromatic rings. The standard InChI is InChI=1S/C13H12ClNO2S/c14-11-2-1-3-13(8-11)18(16,17)12-6-4-10(9-15)5-7-12/h1-8H,9,15H2. The normalized spacial score (nSPS) is 11.4. The molecule has 0 bridgehead atoms. The predicted molar refractivity (Wildman–Crippen MR) is 71.2 cm³/mol. The summed E-state index contributed by atoms with van der Waals surface area (Å²) in [5.41, 5.74) is 6.36. The molecule has 0 spiro atoms. The molecule has 3 nitrogen and oxygen atoms in total. The summed E-state index contributed by atoms with van der Waals surface area (Å²) in [6.07, 6.45) is 0. The zero-order valence-corrected chi connectivity index (χ0v) is 11.1. The molecule has 0 aliphatic carbocycles. The van der Waals surface area contributed by atoms with Gasteiger partial charge in [-0.05, 0) is 35.9 Å². The topological polar surface area (TPSA) is 60.2 Å². The minimum atomic E-state index is -3.51. The van der Waals surface area contributed by atoms with Gasteiger partial charge in [0.2, 0.25) is 9.84 Å². The molecule has 0 aliphatic heterocycles. The first-order valence-corrected chi connectivity index (χ1v) is 7.20. The first-order chi connectivity index (χ1) is 8.54. The summed E-state index contributed by atoms with van der Waals surface area (Å²) < 4.78 is 24.6. The Labute approximate surface area is 111 Å². The van der Waals surface area contributed by atoms with Crippen LogP contribution in [0.4, 0.5) is 0 Å². The summed E-state index contributed by atoms with van der Waals surface area (Å²) in [6.45, 7) is 0.386. The van der Waals surface area contributed by atoms with E-state index in [0.717, 1.165) is 5.56 Å². The van der Waals surface area contributed by atoms with Gasteiger partial charge < -0.3 is 5.73 Å². The Bertz CT molecular complexity index is 651. The Morgan fingerprint density at radius 1 is 1.00 bits per heavy atom. The van der Waals surface area contributed by atoms with Gasteiger partial charge in [0.1, 0.15) is 0 Å². The summed E-state index contributed by atoms with van der Waals surface area (Å²) in [5.74, 6) is 0. The number of benzene rings is 2. The predicted octanol–water partition coefficient (Wildman–Crippen LogP) is 2.63. The number of hydrogen-bond acceptors (Lipinski definition) is 3. The van der Waals surface area contributed by atoms with Crippen LogP contribution in [-0.2, 0) is 16.4 Å². The van der Waals surface area contributed by atoms with E-state index in [9.17, 15) is 8.42 Å². The molecule has 18 heavy (non-hydrogen) atoms. The van der Waals surface area contributed by atoms with E-state index in [1.54, 1.807) is 36.4 Å². The molecule has 0 saturated carbocycles. The molecule has 2 aromatic carbocycles. The van der Waals surface area contributed by atoms with Crippen molar-refractivity contribution in [2.24, 2.45) is 5.73 Å². The Morgan fingerprint density at radius 3 is 2.22 bits per heavy atom. The van der Waals surface area contributed by atoms with E-state index >= 15 is 0 Å². The van der Waals surface area contributed by atoms with E-state index in [1.807, 2.05) is 0 Å². The van der Waals surface area contributed by atoms with Crippen LogP contribution in [0.2, 0.25) is 5.02 Å². The second-order valence-electron chi connectivity index (χ2n) is 3.81. The molecule has 0 unspecified atom stereocenters. The molecule has 2 N–H and O–H groups in total. The van der Waals surface area contributed by atoms with Crippen LogP contribution in [0.5, 0.6) is 0 Å². The van der Waals surface area contributed by atoms with Gasteiger partial charge >= 0.3 is 0 Å². The number of halogens is 1. The largest absolute Gasteiger partial charge is 0.326 e. The molecule has 5 heteroatoms. The van der Waals surface area contributed by atoms with Crippen LogP contribution in [0, 0.1) is 0 Å². The molecule has 0 radical (unpaired) electrons. The van der Waals surface area contributed by atoms with E-state index < -0.39 is 9.84 Å². The van der Waals surface area contributed by atoms with Crippen molar-refractivity contribution in [1.29, 1.82) is 0 Å². The minimum Gasteiger partial charge on any atom is -0.326 e. The highest BCUT2D eigenvalue weighted by Gasteiger charge is 2.17. The third-order valence-corrected chi connectivity index (χ3v) is 4.58. The first kappa shape index (κ1) is 13.1. The van der Waals surface area contributed by atoms with E-state index in [1.165, 1.54) is 12.1 Å². The van der Waals surface area contributed by atoms with E-state index in [2.05, 4.69) is 0 Å². The molecular formula is C13H12ClNO2S. The maximum absolute atomic E-state index is 12.3. The molecule has 0 fully saturated rings. The molecule has 0 amide bonds. The van der Waals surface area contributed by atoms with Crippen LogP contribution < -0.4 is 5.73 Å². The van der Waals surface area contributed by atoms with Gasteiger partial charge in [-0.15, -0.1) is 0 Å². The molecule has 0 aromatic heterocycles. The Hall–Kier alpha value is -1.36. The van der Waals surface area contributed by atoms with Gasteiger partial charge in [0, 0.05) is 11.6 Å². The molecular weight excluding hydrogens is 270 g/mol. The van der Waals surface area contributed by atoms with Gasteiger partial charge in [-0.3, -0.25) is 0 Å². The number of rotatable bonds is 3. The van der Waals surface area contributed by atoms with Crippen molar-refractivity contribution in [2.45, 2.75) is 16.3 Å². The molecule has 0 saturated heterocycles. The number of hydrogen-bond donors (Lipinski definition) is 1. The van der Waals surface area contributed by atoms with Crippen LogP contribution in [0.15, 0.2) is 58.3 Å². The Morgan fingerprint density at radius 2 is 1.67 bits per heavy atom. The van der Waals surface area contributed by atoms with Crippen LogP contribution >= 0.6 is 11.6 Å². The fourth-order valence-electron chi connectivity index (χ4n) is 1.57. The summed E-state index contributed by atoms with van der Waals surface area (Å²) >= 11 is 5.81. The highest BCUT2D eigenvalue weighted by atomic mass is 35.5. The average Bonchev–Trinajstić information content (AvgIpc) is 2.39. The van der Waals surface area contributed by atoms with Crippen molar-refractivity contribution in [1.82, 2.24) is 0 Å². The summed E-state index contributed by atoms with van der Waals surface area (Å²) in [5, 5.41) is 0.398. The monoisotopic (exact) mass is 281 g/mol. The quantitative estimate of drug-likeness (QED) is 0.941. The van der Waals surface area contributed by atoms with Crippen molar-refractivity contribution in [3.63, 3.8) is 0 Å². The average molecular weight is 282 g/mol. The third-order valence-electron chi connectivity index (χ3n) is 2.58. The van der Waals surface area contributed by atoms with Gasteiger partial charge in [-0.2, -0.15) is 0 Å². The van der Waals surface area contributed by atoms with Gasteiger partial charge in [0.15, 0.2) is 0 Å². The zero-order chi connectivity index (χ0) is 13.2. The first-order valence-electron chi connectivity index (χ1n) is 5.34. The number of nitrogens with two attached hydrogens (primary N) is 1. The van der Waals surface area contributed by atoms with E-state index in [-0.39, 0.29) is 9.79 Å². The fraction of sp³-hybridized carbons (Fsp3) is 0.0769. The fourth-order valence-corrected chi connectivity index (χ4v) is 3.14. The Kier molecular flexibility index (Phi) is 3.71. The van der Waals surface area contributed by atoms with Crippen LogP contribution in [0.25, 0.3) is 0 Å². The minimum absolute atomic E-state index is 0.190. The SMILES string of the molecule is NCc1ccc(S(=O)(=O)c2cccc(Cl)c2)cc1. The van der Waals surface area contributed by atoms with E-state index in [0.29, 0.717) is 11.6 Å². The van der Waals surface area contributed by atoms with Gasteiger partial charge in [-0.25, -0.2) is 8.42 Å².